The lowest BCUT2D eigenvalue weighted by atomic mass is 10.0. The number of aromatic nitrogens is 2. The maximum Gasteiger partial charge on any atom is 0.0695 e. The molecule has 1 saturated heterocycles. The van der Waals surface area contributed by atoms with Gasteiger partial charge in [-0.3, -0.25) is 10.00 Å². The first-order valence-corrected chi connectivity index (χ1v) is 10.3. The molecule has 2 aromatic carbocycles. The number of rotatable bonds is 7. The second-order valence-electron chi connectivity index (χ2n) is 7.97. The predicted molar refractivity (Wildman–Crippen MR) is 115 cm³/mol. The Morgan fingerprint density at radius 1 is 0.929 bits per heavy atom. The summed E-state index contributed by atoms with van der Waals surface area (Å²) in [5.41, 5.74) is 8.86. The summed E-state index contributed by atoms with van der Waals surface area (Å²) < 4.78 is 0. The number of likely N-dealkylation sites (tertiary alicyclic amines) is 1. The molecule has 0 bridgehead atoms. The van der Waals surface area contributed by atoms with E-state index in [1.165, 1.54) is 59.3 Å². The maximum absolute atomic E-state index is 4.27. The Morgan fingerprint density at radius 3 is 2.43 bits per heavy atom. The second-order valence-corrected chi connectivity index (χ2v) is 7.97. The quantitative estimate of drug-likeness (QED) is 0.636. The van der Waals surface area contributed by atoms with Crippen LogP contribution in [0.2, 0.25) is 0 Å². The molecule has 0 atom stereocenters. The molecule has 1 aliphatic rings. The molecule has 28 heavy (non-hydrogen) atoms. The van der Waals surface area contributed by atoms with Gasteiger partial charge in [-0.1, -0.05) is 36.4 Å². The molecule has 3 aromatic rings. The molecule has 0 aliphatic carbocycles. The van der Waals surface area contributed by atoms with Crippen molar-refractivity contribution in [3.63, 3.8) is 0 Å². The third kappa shape index (κ3) is 4.51. The van der Waals surface area contributed by atoms with Crippen LogP contribution in [0, 0.1) is 13.8 Å². The smallest absolute Gasteiger partial charge is 0.0695 e. The van der Waals surface area contributed by atoms with Crippen LogP contribution >= 0.6 is 0 Å². The summed E-state index contributed by atoms with van der Waals surface area (Å²) in [6, 6.07) is 15.6. The van der Waals surface area contributed by atoms with Crippen LogP contribution in [-0.2, 0) is 19.6 Å². The summed E-state index contributed by atoms with van der Waals surface area (Å²) >= 11 is 0. The molecule has 4 rings (SSSR count). The zero-order valence-electron chi connectivity index (χ0n) is 17.0. The highest BCUT2D eigenvalue weighted by Crippen LogP contribution is 2.23. The normalized spacial score (nSPS) is 14.6. The molecular formula is C24H30N4. The standard InChI is InChI=1S/C24H30N4/c1-18-5-10-22(13-19(18)2)24-23(16-26-27-24)15-25-14-20-6-8-21(9-7-20)17-28-11-3-4-12-28/h5-10,13,16,25H,3-4,11-12,14-15,17H2,1-2H3,(H,26,27). The Labute approximate surface area is 168 Å². The summed E-state index contributed by atoms with van der Waals surface area (Å²) in [5, 5.41) is 11.0. The van der Waals surface area contributed by atoms with Gasteiger partial charge >= 0.3 is 0 Å². The molecule has 1 aromatic heterocycles. The van der Waals surface area contributed by atoms with Crippen molar-refractivity contribution in [1.82, 2.24) is 20.4 Å². The van der Waals surface area contributed by atoms with Gasteiger partial charge in [0.25, 0.3) is 0 Å². The molecule has 2 N–H and O–H groups in total. The first-order chi connectivity index (χ1) is 13.7. The maximum atomic E-state index is 4.27. The Balaban J connectivity index is 1.33. The van der Waals surface area contributed by atoms with E-state index in [9.17, 15) is 0 Å². The number of nitrogens with zero attached hydrogens (tertiary/aromatic N) is 2. The van der Waals surface area contributed by atoms with Crippen LogP contribution in [0.4, 0.5) is 0 Å². The number of benzene rings is 2. The Bertz CT molecular complexity index is 905. The van der Waals surface area contributed by atoms with E-state index in [-0.39, 0.29) is 0 Å². The number of H-pyrrole nitrogens is 1. The van der Waals surface area contributed by atoms with Gasteiger partial charge < -0.3 is 5.32 Å². The summed E-state index contributed by atoms with van der Waals surface area (Å²) in [6.07, 6.45) is 4.62. The van der Waals surface area contributed by atoms with E-state index in [1.54, 1.807) is 0 Å². The highest BCUT2D eigenvalue weighted by molar-refractivity contribution is 5.64. The van der Waals surface area contributed by atoms with Crippen molar-refractivity contribution < 1.29 is 0 Å². The fraction of sp³-hybridized carbons (Fsp3) is 0.375. The van der Waals surface area contributed by atoms with Crippen LogP contribution in [-0.4, -0.2) is 28.2 Å². The van der Waals surface area contributed by atoms with Crippen molar-refractivity contribution in [1.29, 1.82) is 0 Å². The van der Waals surface area contributed by atoms with Gasteiger partial charge in [-0.05, 0) is 68.1 Å². The van der Waals surface area contributed by atoms with E-state index in [4.69, 9.17) is 0 Å². The zero-order valence-corrected chi connectivity index (χ0v) is 17.0. The van der Waals surface area contributed by atoms with E-state index < -0.39 is 0 Å². The highest BCUT2D eigenvalue weighted by atomic mass is 15.1. The third-order valence-electron chi connectivity index (χ3n) is 5.79. The monoisotopic (exact) mass is 374 g/mol. The summed E-state index contributed by atoms with van der Waals surface area (Å²) in [7, 11) is 0. The van der Waals surface area contributed by atoms with Crippen LogP contribution in [0.3, 0.4) is 0 Å². The fourth-order valence-corrected chi connectivity index (χ4v) is 3.89. The van der Waals surface area contributed by atoms with Crippen molar-refractivity contribution in [3.05, 3.63) is 76.5 Å². The van der Waals surface area contributed by atoms with Crippen LogP contribution in [0.5, 0.6) is 0 Å². The Morgan fingerprint density at radius 2 is 1.68 bits per heavy atom. The van der Waals surface area contributed by atoms with Crippen LogP contribution < -0.4 is 5.32 Å². The molecular weight excluding hydrogens is 344 g/mol. The first-order valence-electron chi connectivity index (χ1n) is 10.3. The van der Waals surface area contributed by atoms with E-state index in [0.29, 0.717) is 0 Å². The lowest BCUT2D eigenvalue weighted by Gasteiger charge is -2.14. The van der Waals surface area contributed by atoms with Crippen molar-refractivity contribution in [2.24, 2.45) is 0 Å². The molecule has 2 heterocycles. The third-order valence-corrected chi connectivity index (χ3v) is 5.79. The van der Waals surface area contributed by atoms with Gasteiger partial charge in [-0.15, -0.1) is 0 Å². The summed E-state index contributed by atoms with van der Waals surface area (Å²) in [4.78, 5) is 2.54. The number of hydrogen-bond donors (Lipinski definition) is 2. The van der Waals surface area contributed by atoms with Gasteiger partial charge in [0.2, 0.25) is 0 Å². The lowest BCUT2D eigenvalue weighted by Crippen LogP contribution is -2.18. The van der Waals surface area contributed by atoms with Gasteiger partial charge in [0.15, 0.2) is 0 Å². The van der Waals surface area contributed by atoms with Gasteiger partial charge in [-0.25, -0.2) is 0 Å². The minimum absolute atomic E-state index is 0.800. The Hall–Kier alpha value is -2.43. The Kier molecular flexibility index (Phi) is 5.89. The molecule has 146 valence electrons. The van der Waals surface area contributed by atoms with Gasteiger partial charge in [-0.2, -0.15) is 5.10 Å². The SMILES string of the molecule is Cc1ccc(-c2[nH]ncc2CNCc2ccc(CN3CCCC3)cc2)cc1C. The average molecular weight is 375 g/mol. The fourth-order valence-electron chi connectivity index (χ4n) is 3.89. The molecule has 0 radical (unpaired) electrons. The molecule has 0 unspecified atom stereocenters. The number of aryl methyl sites for hydroxylation is 2. The van der Waals surface area contributed by atoms with Crippen LogP contribution in [0.25, 0.3) is 11.3 Å². The molecule has 0 saturated carbocycles. The van der Waals surface area contributed by atoms with E-state index in [2.05, 4.69) is 76.7 Å². The molecule has 4 nitrogen and oxygen atoms in total. The summed E-state index contributed by atoms with van der Waals surface area (Å²) in [5.74, 6) is 0. The van der Waals surface area contributed by atoms with Gasteiger partial charge in [0.1, 0.15) is 0 Å². The topological polar surface area (TPSA) is 44.0 Å². The highest BCUT2D eigenvalue weighted by Gasteiger charge is 2.11. The largest absolute Gasteiger partial charge is 0.308 e. The van der Waals surface area contributed by atoms with Crippen molar-refractivity contribution in [2.45, 2.75) is 46.3 Å². The first kappa shape index (κ1) is 18.9. The number of nitrogens with one attached hydrogen (secondary N) is 2. The van der Waals surface area contributed by atoms with Crippen LogP contribution in [0.1, 0.15) is 40.7 Å². The van der Waals surface area contributed by atoms with Gasteiger partial charge in [0.05, 0.1) is 11.9 Å². The minimum atomic E-state index is 0.800. The predicted octanol–water partition coefficient (Wildman–Crippen LogP) is 4.58. The summed E-state index contributed by atoms with van der Waals surface area (Å²) in [6.45, 7) is 9.54. The van der Waals surface area contributed by atoms with E-state index in [1.807, 2.05) is 6.20 Å². The second kappa shape index (κ2) is 8.72. The molecule has 1 fully saturated rings. The van der Waals surface area contributed by atoms with Crippen molar-refractivity contribution in [3.8, 4) is 11.3 Å². The molecule has 0 amide bonds. The zero-order chi connectivity index (χ0) is 19.3. The number of aromatic amines is 1. The van der Waals surface area contributed by atoms with Crippen molar-refractivity contribution >= 4 is 0 Å². The number of hydrogen-bond acceptors (Lipinski definition) is 3. The molecule has 0 spiro atoms. The van der Waals surface area contributed by atoms with E-state index >= 15 is 0 Å². The molecule has 1 aliphatic heterocycles. The van der Waals surface area contributed by atoms with E-state index in [0.717, 1.165) is 25.3 Å². The van der Waals surface area contributed by atoms with Crippen molar-refractivity contribution in [2.75, 3.05) is 13.1 Å². The van der Waals surface area contributed by atoms with Crippen LogP contribution in [0.15, 0.2) is 48.7 Å². The molecule has 4 heteroatoms. The van der Waals surface area contributed by atoms with Gasteiger partial charge in [0, 0.05) is 30.8 Å². The average Bonchev–Trinajstić information content (AvgIpc) is 3.37. The minimum Gasteiger partial charge on any atom is -0.308 e. The lowest BCUT2D eigenvalue weighted by molar-refractivity contribution is 0.331.